The second-order valence-electron chi connectivity index (χ2n) is 4.58. The van der Waals surface area contributed by atoms with E-state index in [2.05, 4.69) is 5.43 Å². The maximum absolute atomic E-state index is 11.4. The van der Waals surface area contributed by atoms with Gasteiger partial charge < -0.3 is 0 Å². The molecule has 0 radical (unpaired) electrons. The highest BCUT2D eigenvalue weighted by Gasteiger charge is 2.16. The van der Waals surface area contributed by atoms with Gasteiger partial charge in [0.25, 0.3) is 0 Å². The van der Waals surface area contributed by atoms with Crippen molar-refractivity contribution in [2.75, 3.05) is 11.5 Å². The number of nitrogens with one attached hydrogen (secondary N) is 1. The predicted molar refractivity (Wildman–Crippen MR) is 79.8 cm³/mol. The van der Waals surface area contributed by atoms with Crippen molar-refractivity contribution in [3.63, 3.8) is 0 Å². The summed E-state index contributed by atoms with van der Waals surface area (Å²) < 4.78 is 22.9. The fourth-order valence-corrected chi connectivity index (χ4v) is 3.07. The summed E-state index contributed by atoms with van der Waals surface area (Å²) in [6.07, 6.45) is 1.20. The average molecular weight is 305 g/mol. The SMILES string of the molecule is CCS(=O)(=O)CCCC(NN)c1cccc(C)c1Cl. The summed E-state index contributed by atoms with van der Waals surface area (Å²) in [5, 5.41) is 0.684. The van der Waals surface area contributed by atoms with Gasteiger partial charge in [0.2, 0.25) is 0 Å². The molecule has 1 atom stereocenters. The highest BCUT2D eigenvalue weighted by atomic mass is 35.5. The van der Waals surface area contributed by atoms with E-state index in [1.165, 1.54) is 0 Å². The number of benzene rings is 1. The van der Waals surface area contributed by atoms with Gasteiger partial charge in [0.05, 0.1) is 5.75 Å². The first kappa shape index (κ1) is 16.4. The van der Waals surface area contributed by atoms with Gasteiger partial charge in [-0.2, -0.15) is 0 Å². The third-order valence-corrected chi connectivity index (χ3v) is 5.49. The Kier molecular flexibility index (Phi) is 6.26. The minimum Gasteiger partial charge on any atom is -0.271 e. The maximum atomic E-state index is 11.4. The van der Waals surface area contributed by atoms with Crippen LogP contribution in [0, 0.1) is 6.92 Å². The van der Waals surface area contributed by atoms with Crippen molar-refractivity contribution in [3.05, 3.63) is 34.3 Å². The normalized spacial score (nSPS) is 13.5. The molecule has 0 fully saturated rings. The summed E-state index contributed by atoms with van der Waals surface area (Å²) in [5.74, 6) is 5.91. The number of hydrazine groups is 1. The monoisotopic (exact) mass is 304 g/mol. The first-order valence-corrected chi connectivity index (χ1v) is 8.52. The highest BCUT2D eigenvalue weighted by molar-refractivity contribution is 7.91. The predicted octanol–water partition coefficient (Wildman–Crippen LogP) is 2.37. The zero-order chi connectivity index (χ0) is 14.5. The summed E-state index contributed by atoms with van der Waals surface area (Å²) in [6, 6.07) is 5.64. The molecule has 0 aromatic heterocycles. The van der Waals surface area contributed by atoms with E-state index < -0.39 is 9.84 Å². The molecule has 0 spiro atoms. The molecule has 0 aliphatic heterocycles. The number of nitrogens with two attached hydrogens (primary N) is 1. The molecule has 6 heteroatoms. The Morgan fingerprint density at radius 2 is 2.11 bits per heavy atom. The fraction of sp³-hybridized carbons (Fsp3) is 0.538. The van der Waals surface area contributed by atoms with Gasteiger partial charge >= 0.3 is 0 Å². The molecule has 1 aromatic carbocycles. The Bertz CT molecular complexity index is 517. The first-order valence-electron chi connectivity index (χ1n) is 6.33. The zero-order valence-corrected chi connectivity index (χ0v) is 12.9. The van der Waals surface area contributed by atoms with Crippen LogP contribution in [0.15, 0.2) is 18.2 Å². The molecule has 0 amide bonds. The van der Waals surface area contributed by atoms with Crippen LogP contribution >= 0.6 is 11.6 Å². The highest BCUT2D eigenvalue weighted by Crippen LogP contribution is 2.28. The van der Waals surface area contributed by atoms with Gasteiger partial charge in [-0.05, 0) is 30.9 Å². The molecule has 0 aliphatic rings. The van der Waals surface area contributed by atoms with Crippen molar-refractivity contribution in [2.24, 2.45) is 5.84 Å². The number of sulfone groups is 1. The van der Waals surface area contributed by atoms with E-state index in [4.69, 9.17) is 17.4 Å². The standard InChI is InChI=1S/C13H21ClN2O2S/c1-3-19(17,18)9-5-8-12(16-15)11-7-4-6-10(2)13(11)14/h4,6-7,12,16H,3,5,8-9,15H2,1-2H3. The third kappa shape index (κ3) is 4.76. The van der Waals surface area contributed by atoms with E-state index in [9.17, 15) is 8.42 Å². The van der Waals surface area contributed by atoms with Crippen LogP contribution in [0.2, 0.25) is 5.02 Å². The molecule has 0 heterocycles. The molecule has 19 heavy (non-hydrogen) atoms. The largest absolute Gasteiger partial charge is 0.271 e. The van der Waals surface area contributed by atoms with Gasteiger partial charge in [0.1, 0.15) is 9.84 Å². The molecule has 1 rings (SSSR count). The Labute approximate surface area is 120 Å². The van der Waals surface area contributed by atoms with Crippen molar-refractivity contribution in [1.29, 1.82) is 0 Å². The molecule has 0 saturated heterocycles. The maximum Gasteiger partial charge on any atom is 0.150 e. The first-order chi connectivity index (χ1) is 8.91. The molecule has 4 nitrogen and oxygen atoms in total. The fourth-order valence-electron chi connectivity index (χ4n) is 1.92. The van der Waals surface area contributed by atoms with Gasteiger partial charge in [0.15, 0.2) is 0 Å². The van der Waals surface area contributed by atoms with Gasteiger partial charge in [0, 0.05) is 16.8 Å². The summed E-state index contributed by atoms with van der Waals surface area (Å²) >= 11 is 6.25. The lowest BCUT2D eigenvalue weighted by Gasteiger charge is -2.18. The van der Waals surface area contributed by atoms with Crippen LogP contribution < -0.4 is 11.3 Å². The Hall–Kier alpha value is -0.620. The van der Waals surface area contributed by atoms with Gasteiger partial charge in [-0.25, -0.2) is 8.42 Å². The molecular weight excluding hydrogens is 284 g/mol. The summed E-state index contributed by atoms with van der Waals surface area (Å²) in [7, 11) is -2.93. The van der Waals surface area contributed by atoms with Crippen LogP contribution in [0.4, 0.5) is 0 Å². The molecule has 3 N–H and O–H groups in total. The van der Waals surface area contributed by atoms with E-state index in [1.54, 1.807) is 6.92 Å². The quantitative estimate of drug-likeness (QED) is 0.599. The topological polar surface area (TPSA) is 72.2 Å². The molecule has 108 valence electrons. The lowest BCUT2D eigenvalue weighted by molar-refractivity contribution is 0.507. The molecule has 1 unspecified atom stereocenters. The minimum absolute atomic E-state index is 0.126. The molecule has 0 saturated carbocycles. The number of hydrogen-bond donors (Lipinski definition) is 2. The van der Waals surface area contributed by atoms with Crippen LogP contribution in [-0.4, -0.2) is 19.9 Å². The van der Waals surface area contributed by atoms with Crippen molar-refractivity contribution in [1.82, 2.24) is 5.43 Å². The van der Waals surface area contributed by atoms with E-state index in [-0.39, 0.29) is 17.5 Å². The number of aryl methyl sites for hydroxylation is 1. The Morgan fingerprint density at radius 1 is 1.42 bits per heavy atom. The molecular formula is C13H21ClN2O2S. The Morgan fingerprint density at radius 3 is 2.68 bits per heavy atom. The molecule has 0 bridgehead atoms. The van der Waals surface area contributed by atoms with Gasteiger partial charge in [-0.1, -0.05) is 36.7 Å². The van der Waals surface area contributed by atoms with Crippen LogP contribution in [0.3, 0.4) is 0 Å². The second kappa shape index (κ2) is 7.24. The molecule has 1 aromatic rings. The van der Waals surface area contributed by atoms with E-state index in [1.807, 2.05) is 25.1 Å². The third-order valence-electron chi connectivity index (χ3n) is 3.19. The van der Waals surface area contributed by atoms with Crippen molar-refractivity contribution >= 4 is 21.4 Å². The average Bonchev–Trinajstić information content (AvgIpc) is 2.38. The lowest BCUT2D eigenvalue weighted by Crippen LogP contribution is -2.28. The number of hydrogen-bond acceptors (Lipinski definition) is 4. The van der Waals surface area contributed by atoms with Crippen molar-refractivity contribution in [2.45, 2.75) is 32.7 Å². The number of rotatable bonds is 7. The summed E-state index contributed by atoms with van der Waals surface area (Å²) in [5.41, 5.74) is 4.61. The Balaban J connectivity index is 2.71. The van der Waals surface area contributed by atoms with E-state index in [0.717, 1.165) is 11.1 Å². The van der Waals surface area contributed by atoms with Gasteiger partial charge in [-0.3, -0.25) is 11.3 Å². The van der Waals surface area contributed by atoms with Crippen molar-refractivity contribution < 1.29 is 8.42 Å². The van der Waals surface area contributed by atoms with Gasteiger partial charge in [-0.15, -0.1) is 0 Å². The summed E-state index contributed by atoms with van der Waals surface area (Å²) in [4.78, 5) is 0. The minimum atomic E-state index is -2.93. The van der Waals surface area contributed by atoms with E-state index >= 15 is 0 Å². The molecule has 0 aliphatic carbocycles. The zero-order valence-electron chi connectivity index (χ0n) is 11.3. The lowest BCUT2D eigenvalue weighted by atomic mass is 10.0. The summed E-state index contributed by atoms with van der Waals surface area (Å²) in [6.45, 7) is 3.59. The van der Waals surface area contributed by atoms with Crippen LogP contribution in [-0.2, 0) is 9.84 Å². The number of halogens is 1. The van der Waals surface area contributed by atoms with Crippen LogP contribution in [0.1, 0.15) is 36.9 Å². The van der Waals surface area contributed by atoms with Crippen LogP contribution in [0.5, 0.6) is 0 Å². The van der Waals surface area contributed by atoms with E-state index in [0.29, 0.717) is 17.9 Å². The van der Waals surface area contributed by atoms with Crippen LogP contribution in [0.25, 0.3) is 0 Å². The second-order valence-corrected chi connectivity index (χ2v) is 7.43. The van der Waals surface area contributed by atoms with Crippen molar-refractivity contribution in [3.8, 4) is 0 Å². The smallest absolute Gasteiger partial charge is 0.150 e.